The van der Waals surface area contributed by atoms with Crippen LogP contribution in [0.15, 0.2) is 63.9 Å². The Kier molecular flexibility index (Phi) is 5.86. The van der Waals surface area contributed by atoms with Crippen LogP contribution in [0.4, 0.5) is 10.5 Å². The second kappa shape index (κ2) is 8.58. The zero-order chi connectivity index (χ0) is 22.1. The number of nitrogens with zero attached hydrogens (tertiary/aromatic N) is 2. The number of thioether (sulfide) groups is 1. The van der Waals surface area contributed by atoms with E-state index in [2.05, 4.69) is 0 Å². The normalized spacial score (nSPS) is 15.2. The van der Waals surface area contributed by atoms with Crippen molar-refractivity contribution in [2.75, 3.05) is 0 Å². The van der Waals surface area contributed by atoms with E-state index in [0.29, 0.717) is 32.7 Å². The highest BCUT2D eigenvalue weighted by Crippen LogP contribution is 2.35. The van der Waals surface area contributed by atoms with Gasteiger partial charge in [-0.3, -0.25) is 24.6 Å². The molecule has 1 aliphatic rings. The average molecular weight is 475 g/mol. The number of non-ortho nitro benzene ring substituents is 1. The summed E-state index contributed by atoms with van der Waals surface area (Å²) in [5.41, 5.74) is 1.14. The number of rotatable bonds is 5. The van der Waals surface area contributed by atoms with Crippen molar-refractivity contribution in [3.63, 3.8) is 0 Å². The molecule has 0 unspecified atom stereocenters. The summed E-state index contributed by atoms with van der Waals surface area (Å²) in [4.78, 5) is 36.9. The zero-order valence-electron chi connectivity index (χ0n) is 15.6. The van der Waals surface area contributed by atoms with E-state index >= 15 is 0 Å². The van der Waals surface area contributed by atoms with Crippen molar-refractivity contribution in [2.24, 2.45) is 0 Å². The van der Waals surface area contributed by atoms with Gasteiger partial charge >= 0.3 is 0 Å². The molecule has 3 aromatic rings. The van der Waals surface area contributed by atoms with E-state index in [1.54, 1.807) is 42.5 Å². The largest absolute Gasteiger partial charge is 0.457 e. The SMILES string of the molecule is O=C1S/C(=C/c2ccc(-c3cccc([N+](=O)[O-])c3)o2)C(=O)N1Cc1ccc(Cl)c(Cl)c1. The van der Waals surface area contributed by atoms with Crippen LogP contribution < -0.4 is 0 Å². The van der Waals surface area contributed by atoms with E-state index in [1.807, 2.05) is 0 Å². The molecule has 1 aromatic heterocycles. The van der Waals surface area contributed by atoms with Crippen LogP contribution in [0.25, 0.3) is 17.4 Å². The van der Waals surface area contributed by atoms with Crippen LogP contribution in [0, 0.1) is 10.1 Å². The smallest absolute Gasteiger partial charge is 0.293 e. The van der Waals surface area contributed by atoms with Crippen LogP contribution in [0.1, 0.15) is 11.3 Å². The maximum absolute atomic E-state index is 12.7. The van der Waals surface area contributed by atoms with Crippen molar-refractivity contribution in [3.05, 3.63) is 91.0 Å². The monoisotopic (exact) mass is 474 g/mol. The molecule has 10 heteroatoms. The molecular formula is C21H12Cl2N2O5S. The summed E-state index contributed by atoms with van der Waals surface area (Å²) in [7, 11) is 0. The van der Waals surface area contributed by atoms with E-state index in [0.717, 1.165) is 16.7 Å². The van der Waals surface area contributed by atoms with E-state index < -0.39 is 16.1 Å². The average Bonchev–Trinajstić information content (AvgIpc) is 3.31. The van der Waals surface area contributed by atoms with Gasteiger partial charge in [-0.15, -0.1) is 0 Å². The summed E-state index contributed by atoms with van der Waals surface area (Å²) in [6.07, 6.45) is 1.47. The van der Waals surface area contributed by atoms with Gasteiger partial charge in [-0.25, -0.2) is 0 Å². The standard InChI is InChI=1S/C21H12Cl2N2O5S/c22-16-6-4-12(8-17(16)23)11-24-20(26)19(31-21(24)27)10-15-5-7-18(30-15)13-2-1-3-14(9-13)25(28)29/h1-10H,11H2/b19-10+. The zero-order valence-corrected chi connectivity index (χ0v) is 17.9. The molecule has 0 saturated carbocycles. The molecule has 31 heavy (non-hydrogen) atoms. The van der Waals surface area contributed by atoms with Gasteiger partial charge in [0.25, 0.3) is 16.8 Å². The van der Waals surface area contributed by atoms with Crippen molar-refractivity contribution >= 4 is 57.9 Å². The number of hydrogen-bond donors (Lipinski definition) is 0. The lowest BCUT2D eigenvalue weighted by atomic mass is 10.1. The number of imide groups is 1. The second-order valence-electron chi connectivity index (χ2n) is 6.53. The molecule has 2 aromatic carbocycles. The summed E-state index contributed by atoms with van der Waals surface area (Å²) < 4.78 is 5.71. The molecule has 4 rings (SSSR count). The third kappa shape index (κ3) is 4.51. The minimum atomic E-state index is -0.489. The lowest BCUT2D eigenvalue weighted by Crippen LogP contribution is -2.27. The maximum Gasteiger partial charge on any atom is 0.293 e. The molecule has 0 spiro atoms. The van der Waals surface area contributed by atoms with Gasteiger partial charge in [0.2, 0.25) is 0 Å². The Bertz CT molecular complexity index is 1250. The van der Waals surface area contributed by atoms with Crippen LogP contribution in [0.3, 0.4) is 0 Å². The molecule has 1 saturated heterocycles. The number of amides is 2. The van der Waals surface area contributed by atoms with Gasteiger partial charge in [0.05, 0.1) is 26.4 Å². The lowest BCUT2D eigenvalue weighted by molar-refractivity contribution is -0.384. The molecule has 0 radical (unpaired) electrons. The molecule has 2 amide bonds. The summed E-state index contributed by atoms with van der Waals surface area (Å²) >= 11 is 12.7. The number of halogens is 2. The Hall–Kier alpha value is -3.07. The molecule has 156 valence electrons. The molecule has 0 atom stereocenters. The fourth-order valence-corrected chi connectivity index (χ4v) is 4.08. The highest BCUT2D eigenvalue weighted by atomic mass is 35.5. The van der Waals surface area contributed by atoms with Crippen molar-refractivity contribution in [1.82, 2.24) is 4.90 Å². The van der Waals surface area contributed by atoms with E-state index in [4.69, 9.17) is 27.6 Å². The van der Waals surface area contributed by atoms with Crippen molar-refractivity contribution in [2.45, 2.75) is 6.54 Å². The first-order valence-corrected chi connectivity index (χ1v) is 10.4. The van der Waals surface area contributed by atoms with E-state index in [9.17, 15) is 19.7 Å². The summed E-state index contributed by atoms with van der Waals surface area (Å²) in [6.45, 7) is 0.0655. The van der Waals surface area contributed by atoms with Crippen molar-refractivity contribution in [3.8, 4) is 11.3 Å². The fraction of sp³-hybridized carbons (Fsp3) is 0.0476. The first-order chi connectivity index (χ1) is 14.8. The highest BCUT2D eigenvalue weighted by molar-refractivity contribution is 8.18. The van der Waals surface area contributed by atoms with E-state index in [-0.39, 0.29) is 17.1 Å². The molecule has 2 heterocycles. The predicted octanol–water partition coefficient (Wildman–Crippen LogP) is 6.40. The Morgan fingerprint density at radius 2 is 1.87 bits per heavy atom. The number of hydrogen-bond acceptors (Lipinski definition) is 6. The van der Waals surface area contributed by atoms with Crippen LogP contribution in [0.2, 0.25) is 10.0 Å². The Morgan fingerprint density at radius 3 is 2.61 bits per heavy atom. The van der Waals surface area contributed by atoms with Gasteiger partial charge < -0.3 is 4.42 Å². The number of furan rings is 1. The van der Waals surface area contributed by atoms with Crippen LogP contribution in [-0.2, 0) is 11.3 Å². The van der Waals surface area contributed by atoms with Gasteiger partial charge in [-0.2, -0.15) is 0 Å². The topological polar surface area (TPSA) is 93.7 Å². The summed E-state index contributed by atoms with van der Waals surface area (Å²) in [5, 5.41) is 11.3. The van der Waals surface area contributed by atoms with Gasteiger partial charge in [0.15, 0.2) is 0 Å². The highest BCUT2D eigenvalue weighted by Gasteiger charge is 2.35. The third-order valence-corrected chi connectivity index (χ3v) is 6.09. The Balaban J connectivity index is 1.54. The summed E-state index contributed by atoms with van der Waals surface area (Å²) in [6, 6.07) is 14.2. The minimum absolute atomic E-state index is 0.0566. The first kappa shape index (κ1) is 21.2. The molecule has 0 bridgehead atoms. The first-order valence-electron chi connectivity index (χ1n) is 8.86. The quantitative estimate of drug-likeness (QED) is 0.241. The predicted molar refractivity (Wildman–Crippen MR) is 119 cm³/mol. The maximum atomic E-state index is 12.7. The molecule has 0 N–H and O–H groups in total. The van der Waals surface area contributed by atoms with Crippen LogP contribution >= 0.6 is 35.0 Å². The fourth-order valence-electron chi connectivity index (χ4n) is 2.94. The molecule has 1 fully saturated rings. The number of carbonyl (C=O) groups is 2. The summed E-state index contributed by atoms with van der Waals surface area (Å²) in [5.74, 6) is 0.306. The Morgan fingerprint density at radius 1 is 1.06 bits per heavy atom. The molecule has 7 nitrogen and oxygen atoms in total. The molecular weight excluding hydrogens is 463 g/mol. The second-order valence-corrected chi connectivity index (χ2v) is 8.33. The van der Waals surface area contributed by atoms with Crippen molar-refractivity contribution < 1.29 is 18.9 Å². The van der Waals surface area contributed by atoms with Gasteiger partial charge in [-0.1, -0.05) is 41.4 Å². The number of nitro benzene ring substituents is 1. The van der Waals surface area contributed by atoms with Gasteiger partial charge in [0, 0.05) is 23.8 Å². The molecule has 1 aliphatic heterocycles. The minimum Gasteiger partial charge on any atom is -0.457 e. The van der Waals surface area contributed by atoms with Gasteiger partial charge in [-0.05, 0) is 41.6 Å². The lowest BCUT2D eigenvalue weighted by Gasteiger charge is -2.12. The number of nitro groups is 1. The number of benzene rings is 2. The van der Waals surface area contributed by atoms with Crippen LogP contribution in [0.5, 0.6) is 0 Å². The Labute approximate surface area is 190 Å². The van der Waals surface area contributed by atoms with Crippen molar-refractivity contribution in [1.29, 1.82) is 0 Å². The third-order valence-electron chi connectivity index (χ3n) is 4.44. The molecule has 0 aliphatic carbocycles. The number of carbonyl (C=O) groups excluding carboxylic acids is 2. The van der Waals surface area contributed by atoms with E-state index in [1.165, 1.54) is 18.2 Å². The van der Waals surface area contributed by atoms with Crippen LogP contribution in [-0.4, -0.2) is 21.0 Å². The van der Waals surface area contributed by atoms with Gasteiger partial charge in [0.1, 0.15) is 11.5 Å².